The molecule has 44 heavy (non-hydrogen) atoms. The number of carbonyl (C=O) groups excluding carboxylic acids is 2. The zero-order chi connectivity index (χ0) is 31.1. The number of aliphatic hydroxyl groups excluding tert-OH is 2. The average Bonchev–Trinajstić information content (AvgIpc) is 3.55. The number of unbranched alkanes of at least 4 members (excludes halogenated alkanes) is 2. The summed E-state index contributed by atoms with van der Waals surface area (Å²) in [6.45, 7) is 11.6. The third-order valence-corrected chi connectivity index (χ3v) is 8.57. The number of aliphatic hydroxyl groups is 2. The van der Waals surface area contributed by atoms with Crippen LogP contribution in [0.15, 0.2) is 48.6 Å². The summed E-state index contributed by atoms with van der Waals surface area (Å²) < 4.78 is 21.0. The van der Waals surface area contributed by atoms with Gasteiger partial charge >= 0.3 is 11.8 Å². The van der Waals surface area contributed by atoms with Gasteiger partial charge in [0.25, 0.3) is 11.8 Å². The average molecular weight is 603 g/mol. The van der Waals surface area contributed by atoms with Crippen LogP contribution in [0.25, 0.3) is 0 Å². The number of methoxy groups -OCH3 is 1. The minimum Gasteiger partial charge on any atom is -0.493 e. The highest BCUT2D eigenvalue weighted by Crippen LogP contribution is 2.36. The van der Waals surface area contributed by atoms with Crippen molar-refractivity contribution in [3.8, 4) is 17.2 Å². The van der Waals surface area contributed by atoms with Crippen LogP contribution < -0.4 is 24.8 Å². The number of nitrogens with zero attached hydrogens (tertiary/aromatic N) is 2. The SMILES string of the molecule is C=C1C[C@H]2C(=O)Nc3cc(OCCCCCOc4cc5c(cc4OC)C(O)=[N+]4CC(=C)C[C@H]4C(=O)N5)c(C)cc3C(O)=[N+]2C1. The monoisotopic (exact) mass is 602 g/mol. The highest BCUT2D eigenvalue weighted by Gasteiger charge is 2.44. The van der Waals surface area contributed by atoms with Gasteiger partial charge in [-0.25, -0.2) is 0 Å². The van der Waals surface area contributed by atoms with Crippen LogP contribution in [-0.4, -0.2) is 88.5 Å². The first-order valence-electron chi connectivity index (χ1n) is 14.9. The molecule has 230 valence electrons. The summed E-state index contributed by atoms with van der Waals surface area (Å²) in [7, 11) is 1.54. The summed E-state index contributed by atoms with van der Waals surface area (Å²) in [6.07, 6.45) is 3.40. The van der Waals surface area contributed by atoms with Gasteiger partial charge in [0, 0.05) is 31.0 Å². The number of rotatable bonds is 9. The molecule has 2 aromatic rings. The Balaban J connectivity index is 1.03. The van der Waals surface area contributed by atoms with Gasteiger partial charge in [-0.2, -0.15) is 9.15 Å². The molecule has 4 aliphatic heterocycles. The molecule has 2 aromatic carbocycles. The van der Waals surface area contributed by atoms with E-state index in [9.17, 15) is 19.8 Å². The van der Waals surface area contributed by atoms with Crippen molar-refractivity contribution < 1.29 is 43.2 Å². The Labute approximate surface area is 255 Å². The van der Waals surface area contributed by atoms with Crippen LogP contribution >= 0.6 is 0 Å². The molecule has 4 aliphatic rings. The highest BCUT2D eigenvalue weighted by molar-refractivity contribution is 6.06. The lowest BCUT2D eigenvalue weighted by Crippen LogP contribution is -2.34. The first-order valence-corrected chi connectivity index (χ1v) is 14.9. The van der Waals surface area contributed by atoms with E-state index in [2.05, 4.69) is 23.8 Å². The van der Waals surface area contributed by atoms with Gasteiger partial charge in [-0.15, -0.1) is 0 Å². The van der Waals surface area contributed by atoms with E-state index in [4.69, 9.17) is 14.2 Å². The molecule has 6 rings (SSSR count). The summed E-state index contributed by atoms with van der Waals surface area (Å²) >= 11 is 0. The van der Waals surface area contributed by atoms with Gasteiger partial charge in [-0.3, -0.25) is 9.59 Å². The Hall–Kier alpha value is -4.80. The lowest BCUT2D eigenvalue weighted by molar-refractivity contribution is -0.533. The molecule has 2 atom stereocenters. The highest BCUT2D eigenvalue weighted by atomic mass is 16.5. The van der Waals surface area contributed by atoms with E-state index < -0.39 is 12.1 Å². The van der Waals surface area contributed by atoms with Gasteiger partial charge < -0.3 is 35.1 Å². The largest absolute Gasteiger partial charge is 0.493 e. The van der Waals surface area contributed by atoms with Crippen molar-refractivity contribution in [2.75, 3.05) is 44.0 Å². The van der Waals surface area contributed by atoms with Crippen molar-refractivity contribution in [2.24, 2.45) is 0 Å². The molecule has 2 saturated heterocycles. The van der Waals surface area contributed by atoms with Crippen LogP contribution in [0.2, 0.25) is 0 Å². The fourth-order valence-electron chi connectivity index (χ4n) is 6.25. The zero-order valence-electron chi connectivity index (χ0n) is 25.1. The summed E-state index contributed by atoms with van der Waals surface area (Å²) in [5, 5.41) is 27.7. The maximum Gasteiger partial charge on any atom is 0.370 e. The number of nitrogens with one attached hydrogen (secondary N) is 2. The summed E-state index contributed by atoms with van der Waals surface area (Å²) in [6, 6.07) is 6.03. The minimum absolute atomic E-state index is 0.0144. The maximum atomic E-state index is 12.8. The summed E-state index contributed by atoms with van der Waals surface area (Å²) in [5.74, 6) is 1.32. The van der Waals surface area contributed by atoms with Crippen LogP contribution in [-0.2, 0) is 9.59 Å². The number of hydrogen-bond acceptors (Lipinski definition) is 5. The summed E-state index contributed by atoms with van der Waals surface area (Å²) in [4.78, 5) is 25.6. The molecule has 4 heterocycles. The fraction of sp³-hybridized carbons (Fsp3) is 0.394. The van der Waals surface area contributed by atoms with E-state index in [0.717, 1.165) is 36.0 Å². The van der Waals surface area contributed by atoms with Gasteiger partial charge in [0.2, 0.25) is 12.1 Å². The van der Waals surface area contributed by atoms with Crippen molar-refractivity contribution in [3.63, 3.8) is 0 Å². The molecule has 0 bridgehead atoms. The number of ether oxygens (including phenoxy) is 3. The second-order valence-electron chi connectivity index (χ2n) is 11.8. The van der Waals surface area contributed by atoms with E-state index >= 15 is 0 Å². The minimum atomic E-state index is -0.495. The lowest BCUT2D eigenvalue weighted by Gasteiger charge is -2.14. The molecule has 11 nitrogen and oxygen atoms in total. The van der Waals surface area contributed by atoms with Gasteiger partial charge in [0.1, 0.15) is 16.9 Å². The second-order valence-corrected chi connectivity index (χ2v) is 11.8. The molecule has 2 amide bonds. The van der Waals surface area contributed by atoms with E-state index in [1.807, 2.05) is 13.0 Å². The van der Waals surface area contributed by atoms with E-state index in [1.54, 1.807) is 27.4 Å². The van der Waals surface area contributed by atoms with Crippen molar-refractivity contribution in [1.29, 1.82) is 0 Å². The molecular weight excluding hydrogens is 564 g/mol. The first kappa shape index (κ1) is 29.3. The van der Waals surface area contributed by atoms with E-state index in [-0.39, 0.29) is 23.6 Å². The van der Waals surface area contributed by atoms with Gasteiger partial charge in [-0.05, 0) is 49.0 Å². The predicted octanol–water partition coefficient (Wildman–Crippen LogP) is 3.83. The van der Waals surface area contributed by atoms with Crippen LogP contribution in [0, 0.1) is 6.92 Å². The molecule has 0 saturated carbocycles. The Morgan fingerprint density at radius 2 is 1.27 bits per heavy atom. The van der Waals surface area contributed by atoms with Crippen LogP contribution in [0.4, 0.5) is 11.4 Å². The topological polar surface area (TPSA) is 132 Å². The molecule has 0 spiro atoms. The lowest BCUT2D eigenvalue weighted by atomic mass is 10.1. The summed E-state index contributed by atoms with van der Waals surface area (Å²) in [5.41, 5.74) is 4.73. The van der Waals surface area contributed by atoms with Crippen molar-refractivity contribution in [3.05, 3.63) is 65.3 Å². The van der Waals surface area contributed by atoms with Crippen molar-refractivity contribution in [1.82, 2.24) is 0 Å². The maximum absolute atomic E-state index is 12.8. The standard InChI is InChI=1S/C33H36N4O7/c1-18-10-25-30(38)34-23-14-27(20(3)12-21(23)32(40)36(25)16-18)43-8-6-5-7-9-44-29-15-24-22(13-28(29)42-4)33(41)37-17-19(2)11-26(37)31(39)35-24/h12-15,25-26H,1-2,5-11,16-17H2,3-4H3,(H2,34,35,38,39,40,41)/p+2/t25-,26-/m0/s1. The number of anilines is 2. The van der Waals surface area contributed by atoms with E-state index in [1.165, 1.54) is 7.11 Å². The first-order chi connectivity index (χ1) is 21.1. The van der Waals surface area contributed by atoms with E-state index in [0.29, 0.717) is 78.9 Å². The van der Waals surface area contributed by atoms with Crippen LogP contribution in [0.1, 0.15) is 48.8 Å². The van der Waals surface area contributed by atoms with Gasteiger partial charge in [0.05, 0.1) is 31.7 Å². The number of hydrogen-bond donors (Lipinski definition) is 4. The van der Waals surface area contributed by atoms with Crippen LogP contribution in [0.5, 0.6) is 17.2 Å². The second kappa shape index (κ2) is 11.7. The van der Waals surface area contributed by atoms with Gasteiger partial charge in [-0.1, -0.05) is 13.2 Å². The third-order valence-electron chi connectivity index (χ3n) is 8.57. The molecule has 0 unspecified atom stereocenters. The number of fused-ring (bicyclic) bond motifs is 4. The molecule has 11 heteroatoms. The fourth-order valence-corrected chi connectivity index (χ4v) is 6.25. The Bertz CT molecular complexity index is 1660. The zero-order valence-corrected chi connectivity index (χ0v) is 25.1. The number of carbonyl (C=O) groups is 2. The Morgan fingerprint density at radius 3 is 1.82 bits per heavy atom. The van der Waals surface area contributed by atoms with Crippen LogP contribution in [0.3, 0.4) is 0 Å². The molecule has 2 fully saturated rings. The predicted molar refractivity (Wildman–Crippen MR) is 165 cm³/mol. The molecule has 4 N–H and O–H groups in total. The van der Waals surface area contributed by atoms with Crippen molar-refractivity contribution in [2.45, 2.75) is 51.1 Å². The molecule has 0 aliphatic carbocycles. The molecule has 0 radical (unpaired) electrons. The number of benzene rings is 2. The molecule has 0 aromatic heterocycles. The number of amides is 2. The van der Waals surface area contributed by atoms with Crippen molar-refractivity contribution >= 4 is 35.0 Å². The number of aryl methyl sites for hydroxylation is 1. The smallest absolute Gasteiger partial charge is 0.370 e. The quantitative estimate of drug-likeness (QED) is 0.195. The van der Waals surface area contributed by atoms with Gasteiger partial charge in [0.15, 0.2) is 24.6 Å². The Kier molecular flexibility index (Phi) is 7.79. The molecular formula is C33H38N4O7+2. The Morgan fingerprint density at radius 1 is 0.773 bits per heavy atom. The third kappa shape index (κ3) is 5.38. The normalized spacial score (nSPS) is 20.7.